The third-order valence-corrected chi connectivity index (χ3v) is 18.2. The number of anilines is 7. The fourth-order valence-corrected chi connectivity index (χ4v) is 14.5. The molecule has 0 bridgehead atoms. The summed E-state index contributed by atoms with van der Waals surface area (Å²) in [6.07, 6.45) is 11.7. The van der Waals surface area contributed by atoms with E-state index in [4.69, 9.17) is 0 Å². The van der Waals surface area contributed by atoms with E-state index in [1.54, 1.807) is 0 Å². The van der Waals surface area contributed by atoms with Gasteiger partial charge < -0.3 is 14.7 Å². The van der Waals surface area contributed by atoms with Gasteiger partial charge in [0, 0.05) is 45.5 Å². The van der Waals surface area contributed by atoms with Crippen molar-refractivity contribution in [2.75, 3.05) is 14.7 Å². The van der Waals surface area contributed by atoms with Crippen molar-refractivity contribution in [1.29, 1.82) is 0 Å². The Labute approximate surface area is 446 Å². The van der Waals surface area contributed by atoms with Gasteiger partial charge in [0.1, 0.15) is 0 Å². The summed E-state index contributed by atoms with van der Waals surface area (Å²) in [4.78, 5) is 8.26. The highest BCUT2D eigenvalue weighted by Gasteiger charge is 2.50. The molecule has 2 atom stereocenters. The van der Waals surface area contributed by atoms with E-state index in [1.165, 1.54) is 112 Å². The molecule has 6 aromatic rings. The standard InChI is InChI=1S/C70H82BN3/c1-43-56(72(51-23-19-22-48(33-51)65(2,3)4)52-28-26-44-37-68(11,12)40-47(44)32-52)30-31-59-63(43)71-55-29-27-49(66(5,6)7)34-60(55)74(58-25-18-21-46-39-70(15,16)42-54(46)58)62-36-50(67(8,9)10)35-61(64(62)71)73(59)57-24-17-20-45-38-69(13,14)41-53(45)57/h17-36,43,56H,37-42H2,1-16H3. The van der Waals surface area contributed by atoms with Gasteiger partial charge in [-0.2, -0.15) is 0 Å². The zero-order valence-corrected chi connectivity index (χ0v) is 47.9. The molecule has 0 fully saturated rings. The van der Waals surface area contributed by atoms with E-state index < -0.39 is 0 Å². The fraction of sp³-hybridized carbons (Fsp3) is 0.429. The largest absolute Gasteiger partial charge is 0.334 e. The molecule has 6 aliphatic rings. The molecule has 2 heterocycles. The molecule has 2 unspecified atom stereocenters. The molecule has 0 saturated carbocycles. The number of allylic oxidation sites excluding steroid dienone is 1. The normalized spacial score (nSPS) is 20.8. The lowest BCUT2D eigenvalue weighted by molar-refractivity contribution is 0.392. The van der Waals surface area contributed by atoms with Crippen LogP contribution in [0.5, 0.6) is 0 Å². The highest BCUT2D eigenvalue weighted by Crippen LogP contribution is 2.54. The number of benzene rings is 6. The van der Waals surface area contributed by atoms with E-state index in [0.717, 1.165) is 38.5 Å². The minimum absolute atomic E-state index is 0.00592. The zero-order chi connectivity index (χ0) is 52.4. The minimum Gasteiger partial charge on any atom is -0.334 e. The van der Waals surface area contributed by atoms with Crippen LogP contribution in [0.4, 0.5) is 39.8 Å². The molecule has 74 heavy (non-hydrogen) atoms. The molecule has 0 aromatic heterocycles. The van der Waals surface area contributed by atoms with Crippen molar-refractivity contribution in [3.8, 4) is 0 Å². The van der Waals surface area contributed by atoms with E-state index in [0.29, 0.717) is 0 Å². The topological polar surface area (TPSA) is 9.72 Å². The van der Waals surface area contributed by atoms with Gasteiger partial charge in [-0.05, 0) is 199 Å². The average molecular weight is 976 g/mol. The van der Waals surface area contributed by atoms with E-state index >= 15 is 0 Å². The number of rotatable bonds is 5. The molecule has 3 nitrogen and oxygen atoms in total. The van der Waals surface area contributed by atoms with Crippen molar-refractivity contribution in [2.45, 2.75) is 172 Å². The van der Waals surface area contributed by atoms with Gasteiger partial charge in [-0.15, -0.1) is 0 Å². The van der Waals surface area contributed by atoms with Crippen molar-refractivity contribution >= 4 is 57.5 Å². The van der Waals surface area contributed by atoms with Gasteiger partial charge in [-0.3, -0.25) is 0 Å². The summed E-state index contributed by atoms with van der Waals surface area (Å²) in [6, 6.07) is 44.3. The Bertz CT molecular complexity index is 3370. The first-order chi connectivity index (χ1) is 34.7. The molecule has 0 spiro atoms. The summed E-state index contributed by atoms with van der Waals surface area (Å²) in [5.74, 6) is 0.130. The van der Waals surface area contributed by atoms with E-state index in [1.807, 2.05) is 0 Å². The van der Waals surface area contributed by atoms with Crippen LogP contribution in [0.25, 0.3) is 0 Å². The van der Waals surface area contributed by atoms with Gasteiger partial charge in [0.25, 0.3) is 0 Å². The molecule has 6 aromatic carbocycles. The fourth-order valence-electron chi connectivity index (χ4n) is 14.5. The van der Waals surface area contributed by atoms with Crippen LogP contribution in [-0.4, -0.2) is 12.8 Å². The van der Waals surface area contributed by atoms with E-state index in [9.17, 15) is 0 Å². The summed E-state index contributed by atoms with van der Waals surface area (Å²) in [7, 11) is 0. The monoisotopic (exact) mass is 976 g/mol. The van der Waals surface area contributed by atoms with Crippen LogP contribution in [0.3, 0.4) is 0 Å². The Morgan fingerprint density at radius 3 is 1.61 bits per heavy atom. The Morgan fingerprint density at radius 1 is 0.473 bits per heavy atom. The van der Waals surface area contributed by atoms with Gasteiger partial charge in [0.2, 0.25) is 6.71 Å². The lowest BCUT2D eigenvalue weighted by Gasteiger charge is -2.50. The predicted octanol–water partition coefficient (Wildman–Crippen LogP) is 16.7. The lowest BCUT2D eigenvalue weighted by Crippen LogP contribution is -2.59. The van der Waals surface area contributed by atoms with Gasteiger partial charge in [-0.25, -0.2) is 0 Å². The summed E-state index contributed by atoms with van der Waals surface area (Å²) in [6.45, 7) is 38.8. The molecule has 12 rings (SSSR count). The average Bonchev–Trinajstić information content (AvgIpc) is 3.94. The van der Waals surface area contributed by atoms with Crippen LogP contribution in [-0.2, 0) is 54.8 Å². The van der Waals surface area contributed by atoms with Gasteiger partial charge in [0.15, 0.2) is 0 Å². The molecule has 0 amide bonds. The SMILES string of the molecule is CC1C2=C(C=CC1N(c1cccc(C(C)(C)C)c1)c1ccc3c(c1)CC(C)(C)C3)N(c1cccc3c1CC(C)(C)C3)c1cc(C(C)(C)C)cc3c1B2c1ccc(C(C)(C)C)cc1N3c1cccc2c1CC(C)(C)C2. The maximum atomic E-state index is 2.77. The zero-order valence-electron chi connectivity index (χ0n) is 47.9. The summed E-state index contributed by atoms with van der Waals surface area (Å²) >= 11 is 0. The van der Waals surface area contributed by atoms with Crippen LogP contribution in [0, 0.1) is 22.2 Å². The Kier molecular flexibility index (Phi) is 10.9. The molecule has 2 aliphatic heterocycles. The second-order valence-corrected chi connectivity index (χ2v) is 29.3. The Hall–Kier alpha value is -5.74. The van der Waals surface area contributed by atoms with Crippen LogP contribution < -0.4 is 25.6 Å². The molecule has 0 saturated heterocycles. The molecular formula is C70H82BN3. The first-order valence-corrected chi connectivity index (χ1v) is 28.3. The highest BCUT2D eigenvalue weighted by atomic mass is 15.2. The lowest BCUT2D eigenvalue weighted by atomic mass is 9.30. The second-order valence-electron chi connectivity index (χ2n) is 29.3. The van der Waals surface area contributed by atoms with Gasteiger partial charge >= 0.3 is 0 Å². The molecule has 4 heteroatoms. The maximum absolute atomic E-state index is 2.77. The first kappa shape index (κ1) is 49.2. The van der Waals surface area contributed by atoms with Crippen molar-refractivity contribution in [1.82, 2.24) is 0 Å². The quantitative estimate of drug-likeness (QED) is 0.159. The molecular weight excluding hydrogens is 894 g/mol. The summed E-state index contributed by atoms with van der Waals surface area (Å²) in [5.41, 5.74) is 28.6. The summed E-state index contributed by atoms with van der Waals surface area (Å²) in [5, 5.41) is 0. The van der Waals surface area contributed by atoms with Crippen molar-refractivity contribution in [3.63, 3.8) is 0 Å². The Balaban J connectivity index is 1.15. The third-order valence-electron chi connectivity index (χ3n) is 18.2. The number of hydrogen-bond acceptors (Lipinski definition) is 3. The van der Waals surface area contributed by atoms with E-state index in [2.05, 4.69) is 247 Å². The number of nitrogens with zero attached hydrogens (tertiary/aromatic N) is 3. The molecule has 0 N–H and O–H groups in total. The highest BCUT2D eigenvalue weighted by molar-refractivity contribution is 6.95. The van der Waals surface area contributed by atoms with Crippen LogP contribution in [0.15, 0.2) is 133 Å². The number of fused-ring (bicyclic) bond motifs is 6. The Morgan fingerprint density at radius 2 is 0.986 bits per heavy atom. The predicted molar refractivity (Wildman–Crippen MR) is 319 cm³/mol. The summed E-state index contributed by atoms with van der Waals surface area (Å²) < 4.78 is 0. The minimum atomic E-state index is -0.101. The smallest absolute Gasteiger partial charge is 0.247 e. The maximum Gasteiger partial charge on any atom is 0.247 e. The second kappa shape index (κ2) is 16.4. The van der Waals surface area contributed by atoms with E-state index in [-0.39, 0.29) is 51.2 Å². The van der Waals surface area contributed by atoms with Gasteiger partial charge in [-0.1, -0.05) is 177 Å². The van der Waals surface area contributed by atoms with Crippen LogP contribution in [0.1, 0.15) is 161 Å². The van der Waals surface area contributed by atoms with Crippen molar-refractivity contribution in [3.05, 3.63) is 183 Å². The number of hydrogen-bond donors (Lipinski definition) is 0. The first-order valence-electron chi connectivity index (χ1n) is 28.3. The molecule has 380 valence electrons. The third kappa shape index (κ3) is 8.05. The van der Waals surface area contributed by atoms with Crippen LogP contribution >= 0.6 is 0 Å². The molecule has 4 aliphatic carbocycles. The van der Waals surface area contributed by atoms with Crippen LogP contribution in [0.2, 0.25) is 0 Å². The van der Waals surface area contributed by atoms with Gasteiger partial charge in [0.05, 0.1) is 6.04 Å². The van der Waals surface area contributed by atoms with Crippen molar-refractivity contribution in [2.24, 2.45) is 22.2 Å². The molecule has 0 radical (unpaired) electrons. The van der Waals surface area contributed by atoms with Crippen molar-refractivity contribution < 1.29 is 0 Å².